The maximum absolute atomic E-state index is 11.7. The largest absolute Gasteiger partial charge is 0.370 e. The molecule has 1 unspecified atom stereocenters. The summed E-state index contributed by atoms with van der Waals surface area (Å²) in [7, 11) is 0. The molecule has 0 aromatic carbocycles. The number of hydrogen-bond acceptors (Lipinski definition) is 2. The summed E-state index contributed by atoms with van der Waals surface area (Å²) in [4.78, 5) is 11.7. The summed E-state index contributed by atoms with van der Waals surface area (Å²) < 4.78 is 5.42. The van der Waals surface area contributed by atoms with E-state index in [2.05, 4.69) is 6.58 Å². The van der Waals surface area contributed by atoms with Gasteiger partial charge in [0.15, 0.2) is 5.78 Å². The van der Waals surface area contributed by atoms with Crippen LogP contribution in [0.1, 0.15) is 40.0 Å². The normalized spacial score (nSPS) is 12.9. The fraction of sp³-hybridized carbons (Fsp3) is 0.750. The SMILES string of the molecule is C=CCCCC(=O)C(OCC)C(C)C. The van der Waals surface area contributed by atoms with Crippen LogP contribution in [-0.4, -0.2) is 18.5 Å². The van der Waals surface area contributed by atoms with E-state index in [1.165, 1.54) is 0 Å². The second kappa shape index (κ2) is 7.74. The Balaban J connectivity index is 3.95. The van der Waals surface area contributed by atoms with E-state index in [1.54, 1.807) is 0 Å². The van der Waals surface area contributed by atoms with E-state index in [9.17, 15) is 4.79 Å². The molecule has 2 heteroatoms. The van der Waals surface area contributed by atoms with Crippen LogP contribution in [0.25, 0.3) is 0 Å². The summed E-state index contributed by atoms with van der Waals surface area (Å²) in [6, 6.07) is 0. The molecule has 14 heavy (non-hydrogen) atoms. The lowest BCUT2D eigenvalue weighted by molar-refractivity contribution is -0.133. The summed E-state index contributed by atoms with van der Waals surface area (Å²) in [5, 5.41) is 0. The van der Waals surface area contributed by atoms with E-state index in [0.29, 0.717) is 13.0 Å². The predicted molar refractivity (Wildman–Crippen MR) is 59.3 cm³/mol. The Hall–Kier alpha value is -0.630. The summed E-state index contributed by atoms with van der Waals surface area (Å²) in [6.45, 7) is 10.2. The first-order valence-electron chi connectivity index (χ1n) is 5.38. The van der Waals surface area contributed by atoms with Crippen LogP contribution in [-0.2, 0) is 9.53 Å². The zero-order valence-corrected chi connectivity index (χ0v) is 9.58. The molecule has 0 aliphatic heterocycles. The highest BCUT2D eigenvalue weighted by molar-refractivity contribution is 5.83. The fourth-order valence-corrected chi connectivity index (χ4v) is 1.40. The molecule has 0 aliphatic rings. The topological polar surface area (TPSA) is 26.3 Å². The van der Waals surface area contributed by atoms with E-state index in [0.717, 1.165) is 12.8 Å². The van der Waals surface area contributed by atoms with Crippen molar-refractivity contribution in [3.8, 4) is 0 Å². The number of carbonyl (C=O) groups is 1. The summed E-state index contributed by atoms with van der Waals surface area (Å²) in [5.41, 5.74) is 0. The highest BCUT2D eigenvalue weighted by Crippen LogP contribution is 2.11. The number of ether oxygens (including phenoxy) is 1. The molecule has 0 heterocycles. The van der Waals surface area contributed by atoms with Crippen molar-refractivity contribution in [2.24, 2.45) is 5.92 Å². The monoisotopic (exact) mass is 198 g/mol. The third-order valence-electron chi connectivity index (χ3n) is 2.10. The fourth-order valence-electron chi connectivity index (χ4n) is 1.40. The van der Waals surface area contributed by atoms with Gasteiger partial charge in [-0.15, -0.1) is 6.58 Å². The molecule has 0 aliphatic carbocycles. The van der Waals surface area contributed by atoms with Gasteiger partial charge in [0.2, 0.25) is 0 Å². The zero-order valence-electron chi connectivity index (χ0n) is 9.58. The maximum atomic E-state index is 11.7. The summed E-state index contributed by atoms with van der Waals surface area (Å²) in [6.07, 6.45) is 4.03. The maximum Gasteiger partial charge on any atom is 0.161 e. The van der Waals surface area contributed by atoms with Gasteiger partial charge in [0, 0.05) is 13.0 Å². The van der Waals surface area contributed by atoms with Crippen molar-refractivity contribution < 1.29 is 9.53 Å². The molecule has 0 saturated carbocycles. The van der Waals surface area contributed by atoms with Gasteiger partial charge in [-0.05, 0) is 25.7 Å². The molecule has 0 aromatic heterocycles. The first kappa shape index (κ1) is 13.4. The third kappa shape index (κ3) is 5.18. The molecule has 0 amide bonds. The lowest BCUT2D eigenvalue weighted by Crippen LogP contribution is -2.29. The molecule has 0 bridgehead atoms. The lowest BCUT2D eigenvalue weighted by Gasteiger charge is -2.19. The smallest absolute Gasteiger partial charge is 0.161 e. The zero-order chi connectivity index (χ0) is 11.0. The van der Waals surface area contributed by atoms with Gasteiger partial charge in [-0.25, -0.2) is 0 Å². The average Bonchev–Trinajstić information content (AvgIpc) is 2.13. The van der Waals surface area contributed by atoms with Crippen molar-refractivity contribution in [1.82, 2.24) is 0 Å². The van der Waals surface area contributed by atoms with Crippen LogP contribution in [0.5, 0.6) is 0 Å². The number of carbonyl (C=O) groups excluding carboxylic acids is 1. The molecule has 0 N–H and O–H groups in total. The quantitative estimate of drug-likeness (QED) is 0.443. The van der Waals surface area contributed by atoms with Crippen LogP contribution in [0.4, 0.5) is 0 Å². The van der Waals surface area contributed by atoms with Crippen LogP contribution < -0.4 is 0 Å². The standard InChI is InChI=1S/C12H22O2/c1-5-7-8-9-11(13)12(10(3)4)14-6-2/h5,10,12H,1,6-9H2,2-4H3. The molecule has 82 valence electrons. The molecule has 0 saturated heterocycles. The van der Waals surface area contributed by atoms with Gasteiger partial charge in [0.25, 0.3) is 0 Å². The minimum Gasteiger partial charge on any atom is -0.370 e. The van der Waals surface area contributed by atoms with Crippen LogP contribution in [0.3, 0.4) is 0 Å². The van der Waals surface area contributed by atoms with E-state index >= 15 is 0 Å². The Labute approximate surface area is 87.3 Å². The summed E-state index contributed by atoms with van der Waals surface area (Å²) >= 11 is 0. The highest BCUT2D eigenvalue weighted by atomic mass is 16.5. The number of rotatable bonds is 8. The lowest BCUT2D eigenvalue weighted by atomic mass is 9.99. The van der Waals surface area contributed by atoms with Gasteiger partial charge < -0.3 is 4.74 Å². The minimum absolute atomic E-state index is 0.218. The predicted octanol–water partition coefficient (Wildman–Crippen LogP) is 2.97. The van der Waals surface area contributed by atoms with Gasteiger partial charge in [-0.3, -0.25) is 4.79 Å². The Morgan fingerprint density at radius 1 is 1.50 bits per heavy atom. The molecule has 2 nitrogen and oxygen atoms in total. The number of allylic oxidation sites excluding steroid dienone is 1. The van der Waals surface area contributed by atoms with E-state index in [-0.39, 0.29) is 17.8 Å². The van der Waals surface area contributed by atoms with Crippen molar-refractivity contribution in [3.63, 3.8) is 0 Å². The molecule has 0 spiro atoms. The first-order valence-corrected chi connectivity index (χ1v) is 5.38. The molecule has 0 fully saturated rings. The Morgan fingerprint density at radius 2 is 2.14 bits per heavy atom. The third-order valence-corrected chi connectivity index (χ3v) is 2.10. The highest BCUT2D eigenvalue weighted by Gasteiger charge is 2.21. The molecule has 1 atom stereocenters. The van der Waals surface area contributed by atoms with E-state index in [1.807, 2.05) is 26.8 Å². The van der Waals surface area contributed by atoms with Gasteiger partial charge in [-0.1, -0.05) is 19.9 Å². The van der Waals surface area contributed by atoms with Crippen molar-refractivity contribution in [1.29, 1.82) is 0 Å². The first-order chi connectivity index (χ1) is 6.63. The second-order valence-corrected chi connectivity index (χ2v) is 3.77. The van der Waals surface area contributed by atoms with Crippen LogP contribution in [0.2, 0.25) is 0 Å². The van der Waals surface area contributed by atoms with E-state index in [4.69, 9.17) is 4.74 Å². The molecule has 0 radical (unpaired) electrons. The van der Waals surface area contributed by atoms with Crippen molar-refractivity contribution in [3.05, 3.63) is 12.7 Å². The number of unbranched alkanes of at least 4 members (excludes halogenated alkanes) is 1. The van der Waals surface area contributed by atoms with Crippen molar-refractivity contribution >= 4 is 5.78 Å². The van der Waals surface area contributed by atoms with Gasteiger partial charge in [0.05, 0.1) is 0 Å². The van der Waals surface area contributed by atoms with Crippen molar-refractivity contribution in [2.75, 3.05) is 6.61 Å². The minimum atomic E-state index is -0.218. The molecular formula is C12H22O2. The molecule has 0 aromatic rings. The Bertz CT molecular complexity index is 173. The van der Waals surface area contributed by atoms with Crippen LogP contribution in [0.15, 0.2) is 12.7 Å². The number of ketones is 1. The van der Waals surface area contributed by atoms with Crippen molar-refractivity contribution in [2.45, 2.75) is 46.1 Å². The second-order valence-electron chi connectivity index (χ2n) is 3.77. The average molecular weight is 198 g/mol. The number of hydrogen-bond donors (Lipinski definition) is 0. The van der Waals surface area contributed by atoms with Gasteiger partial charge >= 0.3 is 0 Å². The summed E-state index contributed by atoms with van der Waals surface area (Å²) in [5.74, 6) is 0.495. The molecular weight excluding hydrogens is 176 g/mol. The van der Waals surface area contributed by atoms with Crippen LogP contribution in [0, 0.1) is 5.92 Å². The van der Waals surface area contributed by atoms with Gasteiger partial charge in [-0.2, -0.15) is 0 Å². The molecule has 0 rings (SSSR count). The van der Waals surface area contributed by atoms with Gasteiger partial charge in [0.1, 0.15) is 6.10 Å². The number of Topliss-reactive ketones (excluding diaryl/α,β-unsaturated/α-hetero) is 1. The van der Waals surface area contributed by atoms with E-state index < -0.39 is 0 Å². The van der Waals surface area contributed by atoms with Crippen LogP contribution >= 0.6 is 0 Å². The Kier molecular flexibility index (Phi) is 7.40. The Morgan fingerprint density at radius 3 is 2.57 bits per heavy atom.